The molecule has 1 aromatic rings. The van der Waals surface area contributed by atoms with Gasteiger partial charge in [-0.2, -0.15) is 0 Å². The zero-order valence-corrected chi connectivity index (χ0v) is 12.0. The van der Waals surface area contributed by atoms with Gasteiger partial charge in [0, 0.05) is 12.5 Å². The largest absolute Gasteiger partial charge is 0.387 e. The SMILES string of the molecule is C=CCC(CC=C)C(=O)NCC(O)c1ccccc1C. The monoisotopic (exact) mass is 273 g/mol. The van der Waals surface area contributed by atoms with Crippen LogP contribution in [-0.2, 0) is 4.79 Å². The van der Waals surface area contributed by atoms with Gasteiger partial charge in [0.05, 0.1) is 6.10 Å². The van der Waals surface area contributed by atoms with Gasteiger partial charge in [0.2, 0.25) is 5.91 Å². The lowest BCUT2D eigenvalue weighted by Gasteiger charge is -2.17. The minimum atomic E-state index is -0.687. The summed E-state index contributed by atoms with van der Waals surface area (Å²) in [6.45, 7) is 9.47. The van der Waals surface area contributed by atoms with Crippen LogP contribution in [0.4, 0.5) is 0 Å². The molecule has 108 valence electrons. The van der Waals surface area contributed by atoms with E-state index in [0.29, 0.717) is 12.8 Å². The molecule has 1 unspecified atom stereocenters. The van der Waals surface area contributed by atoms with Crippen LogP contribution in [0.25, 0.3) is 0 Å². The summed E-state index contributed by atoms with van der Waals surface area (Å²) in [4.78, 5) is 12.0. The minimum absolute atomic E-state index is 0.0718. The first-order chi connectivity index (χ1) is 9.60. The van der Waals surface area contributed by atoms with Crippen LogP contribution in [0.2, 0.25) is 0 Å². The highest BCUT2D eigenvalue weighted by Gasteiger charge is 2.17. The molecule has 2 N–H and O–H groups in total. The topological polar surface area (TPSA) is 49.3 Å². The van der Waals surface area contributed by atoms with Crippen LogP contribution in [0, 0.1) is 12.8 Å². The average Bonchev–Trinajstić information content (AvgIpc) is 2.44. The Bertz CT molecular complexity index is 458. The van der Waals surface area contributed by atoms with E-state index >= 15 is 0 Å². The summed E-state index contributed by atoms with van der Waals surface area (Å²) in [5, 5.41) is 12.9. The maximum atomic E-state index is 12.0. The van der Waals surface area contributed by atoms with Crippen molar-refractivity contribution < 1.29 is 9.90 Å². The summed E-state index contributed by atoms with van der Waals surface area (Å²) in [5.41, 5.74) is 1.86. The van der Waals surface area contributed by atoms with Crippen molar-refractivity contribution >= 4 is 5.91 Å². The van der Waals surface area contributed by atoms with Gasteiger partial charge in [-0.15, -0.1) is 13.2 Å². The van der Waals surface area contributed by atoms with E-state index in [0.717, 1.165) is 11.1 Å². The zero-order valence-electron chi connectivity index (χ0n) is 12.0. The molecule has 0 radical (unpaired) electrons. The molecule has 1 aromatic carbocycles. The molecule has 0 spiro atoms. The Morgan fingerprint density at radius 3 is 2.45 bits per heavy atom. The Hall–Kier alpha value is -1.87. The molecule has 0 aliphatic rings. The number of rotatable bonds is 8. The lowest BCUT2D eigenvalue weighted by molar-refractivity contribution is -0.125. The summed E-state index contributed by atoms with van der Waals surface area (Å²) < 4.78 is 0. The third-order valence-corrected chi connectivity index (χ3v) is 3.29. The number of nitrogens with one attached hydrogen (secondary N) is 1. The fourth-order valence-electron chi connectivity index (χ4n) is 2.12. The van der Waals surface area contributed by atoms with Crippen LogP contribution in [0.1, 0.15) is 30.1 Å². The summed E-state index contributed by atoms with van der Waals surface area (Å²) in [7, 11) is 0. The van der Waals surface area contributed by atoms with E-state index in [9.17, 15) is 9.90 Å². The molecule has 0 aliphatic heterocycles. The van der Waals surface area contributed by atoms with Crippen molar-refractivity contribution in [3.63, 3.8) is 0 Å². The molecule has 1 atom stereocenters. The third kappa shape index (κ3) is 4.67. The van der Waals surface area contributed by atoms with Gasteiger partial charge in [-0.3, -0.25) is 4.79 Å². The molecule has 3 nitrogen and oxygen atoms in total. The molecule has 0 fully saturated rings. The lowest BCUT2D eigenvalue weighted by Crippen LogP contribution is -2.33. The van der Waals surface area contributed by atoms with Crippen LogP contribution >= 0.6 is 0 Å². The predicted molar refractivity (Wildman–Crippen MR) is 82.3 cm³/mol. The highest BCUT2D eigenvalue weighted by molar-refractivity contribution is 5.79. The van der Waals surface area contributed by atoms with Gasteiger partial charge < -0.3 is 10.4 Å². The quantitative estimate of drug-likeness (QED) is 0.715. The maximum absolute atomic E-state index is 12.0. The van der Waals surface area contributed by atoms with Gasteiger partial charge in [-0.25, -0.2) is 0 Å². The number of aryl methyl sites for hydroxylation is 1. The second-order valence-corrected chi connectivity index (χ2v) is 4.86. The van der Waals surface area contributed by atoms with E-state index in [1.54, 1.807) is 12.2 Å². The second-order valence-electron chi connectivity index (χ2n) is 4.86. The van der Waals surface area contributed by atoms with Crippen LogP contribution in [0.5, 0.6) is 0 Å². The van der Waals surface area contributed by atoms with Crippen molar-refractivity contribution in [3.8, 4) is 0 Å². The van der Waals surface area contributed by atoms with Gasteiger partial charge in [-0.1, -0.05) is 36.4 Å². The molecule has 0 aromatic heterocycles. The second kappa shape index (κ2) is 8.33. The Morgan fingerprint density at radius 2 is 1.90 bits per heavy atom. The summed E-state index contributed by atoms with van der Waals surface area (Å²) in [5.74, 6) is -0.230. The first-order valence-electron chi connectivity index (χ1n) is 6.83. The number of carbonyl (C=O) groups excluding carboxylic acids is 1. The van der Waals surface area contributed by atoms with Crippen LogP contribution in [-0.4, -0.2) is 17.6 Å². The Balaban J connectivity index is 2.57. The molecule has 0 heterocycles. The maximum Gasteiger partial charge on any atom is 0.223 e. The molecule has 0 bridgehead atoms. The number of hydrogen-bond donors (Lipinski definition) is 2. The molecule has 0 saturated heterocycles. The van der Waals surface area contributed by atoms with Crippen LogP contribution in [0.15, 0.2) is 49.6 Å². The number of aliphatic hydroxyl groups is 1. The van der Waals surface area contributed by atoms with Crippen molar-refractivity contribution in [1.82, 2.24) is 5.32 Å². The number of allylic oxidation sites excluding steroid dienone is 2. The highest BCUT2D eigenvalue weighted by atomic mass is 16.3. The Labute approximate surface area is 121 Å². The van der Waals surface area contributed by atoms with Crippen molar-refractivity contribution in [2.24, 2.45) is 5.92 Å². The minimum Gasteiger partial charge on any atom is -0.387 e. The summed E-state index contributed by atoms with van der Waals surface area (Å²) in [6.07, 6.45) is 3.99. The fourth-order valence-corrected chi connectivity index (χ4v) is 2.12. The van der Waals surface area contributed by atoms with E-state index in [2.05, 4.69) is 18.5 Å². The van der Waals surface area contributed by atoms with E-state index in [4.69, 9.17) is 0 Å². The summed E-state index contributed by atoms with van der Waals surface area (Å²) in [6, 6.07) is 7.62. The van der Waals surface area contributed by atoms with Gasteiger partial charge in [0.1, 0.15) is 0 Å². The van der Waals surface area contributed by atoms with E-state index < -0.39 is 6.10 Å². The Kier molecular flexibility index (Phi) is 6.74. The fraction of sp³-hybridized carbons (Fsp3) is 0.353. The average molecular weight is 273 g/mol. The molecule has 1 amide bonds. The molecule has 0 aliphatic carbocycles. The first kappa shape index (κ1) is 16.2. The molecule has 1 rings (SSSR count). The van der Waals surface area contributed by atoms with Gasteiger partial charge >= 0.3 is 0 Å². The standard InChI is InChI=1S/C17H23NO2/c1-4-8-14(9-5-2)17(20)18-12-16(19)15-11-7-6-10-13(15)3/h4-7,10-11,14,16,19H,1-2,8-9,12H2,3H3,(H,18,20). The van der Waals surface area contributed by atoms with Crippen molar-refractivity contribution in [2.45, 2.75) is 25.9 Å². The van der Waals surface area contributed by atoms with E-state index in [-0.39, 0.29) is 18.4 Å². The predicted octanol–water partition coefficient (Wildman–Crippen LogP) is 2.91. The molecular formula is C17H23NO2. The summed E-state index contributed by atoms with van der Waals surface area (Å²) >= 11 is 0. The highest BCUT2D eigenvalue weighted by Crippen LogP contribution is 2.17. The molecule has 3 heteroatoms. The number of aliphatic hydroxyl groups excluding tert-OH is 1. The molecule has 20 heavy (non-hydrogen) atoms. The normalized spacial score (nSPS) is 11.9. The van der Waals surface area contributed by atoms with Crippen molar-refractivity contribution in [2.75, 3.05) is 6.54 Å². The Morgan fingerprint density at radius 1 is 1.30 bits per heavy atom. The third-order valence-electron chi connectivity index (χ3n) is 3.29. The molecular weight excluding hydrogens is 250 g/mol. The van der Waals surface area contributed by atoms with Crippen LogP contribution < -0.4 is 5.32 Å². The smallest absolute Gasteiger partial charge is 0.223 e. The van der Waals surface area contributed by atoms with Crippen molar-refractivity contribution in [3.05, 3.63) is 60.7 Å². The number of benzene rings is 1. The van der Waals surface area contributed by atoms with Gasteiger partial charge in [-0.05, 0) is 30.9 Å². The van der Waals surface area contributed by atoms with Gasteiger partial charge in [0.25, 0.3) is 0 Å². The first-order valence-corrected chi connectivity index (χ1v) is 6.83. The lowest BCUT2D eigenvalue weighted by atomic mass is 9.99. The van der Waals surface area contributed by atoms with Crippen molar-refractivity contribution in [1.29, 1.82) is 0 Å². The number of carbonyl (C=O) groups is 1. The van der Waals surface area contributed by atoms with Crippen LogP contribution in [0.3, 0.4) is 0 Å². The number of amides is 1. The zero-order chi connectivity index (χ0) is 15.0. The molecule has 0 saturated carbocycles. The number of hydrogen-bond acceptors (Lipinski definition) is 2. The van der Waals surface area contributed by atoms with Gasteiger partial charge in [0.15, 0.2) is 0 Å². The van der Waals surface area contributed by atoms with E-state index in [1.165, 1.54) is 0 Å². The van der Waals surface area contributed by atoms with E-state index in [1.807, 2.05) is 31.2 Å².